The molecule has 1 aliphatic heterocycles. The highest BCUT2D eigenvalue weighted by atomic mass is 19.1. The van der Waals surface area contributed by atoms with Crippen molar-refractivity contribution in [2.24, 2.45) is 0 Å². The van der Waals surface area contributed by atoms with Crippen LogP contribution in [0.2, 0.25) is 0 Å². The summed E-state index contributed by atoms with van der Waals surface area (Å²) in [6.07, 6.45) is 5.23. The van der Waals surface area contributed by atoms with Crippen LogP contribution in [0.25, 0.3) is 0 Å². The van der Waals surface area contributed by atoms with E-state index in [9.17, 15) is 4.39 Å². The first-order valence-electron chi connectivity index (χ1n) is 6.25. The Morgan fingerprint density at radius 1 is 1.19 bits per heavy atom. The maximum absolute atomic E-state index is 12.0. The first-order valence-corrected chi connectivity index (χ1v) is 6.25. The van der Waals surface area contributed by atoms with Crippen LogP contribution in [0.1, 0.15) is 30.4 Å². The van der Waals surface area contributed by atoms with E-state index in [0.717, 1.165) is 12.8 Å². The van der Waals surface area contributed by atoms with Crippen LogP contribution in [0.5, 0.6) is 0 Å². The van der Waals surface area contributed by atoms with Crippen molar-refractivity contribution < 1.29 is 4.39 Å². The van der Waals surface area contributed by atoms with Crippen molar-refractivity contribution in [2.45, 2.75) is 38.1 Å². The summed E-state index contributed by atoms with van der Waals surface area (Å²) in [5.74, 6) is 0. The second-order valence-corrected chi connectivity index (χ2v) is 4.61. The lowest BCUT2D eigenvalue weighted by Gasteiger charge is -2.10. The van der Waals surface area contributed by atoms with Gasteiger partial charge in [-0.05, 0) is 49.8 Å². The van der Waals surface area contributed by atoms with E-state index in [1.54, 1.807) is 0 Å². The highest BCUT2D eigenvalue weighted by Crippen LogP contribution is 2.13. The number of alkyl halides is 1. The molecule has 2 heteroatoms. The molecule has 1 aromatic rings. The summed E-state index contributed by atoms with van der Waals surface area (Å²) in [5.41, 5.74) is 2.64. The molecule has 1 fully saturated rings. The molecular weight excluding hydrogens is 201 g/mol. The smallest absolute Gasteiger partial charge is 0.0897 e. The lowest BCUT2D eigenvalue weighted by molar-refractivity contribution is 0.473. The zero-order valence-electron chi connectivity index (χ0n) is 9.71. The van der Waals surface area contributed by atoms with E-state index < -0.39 is 0 Å². The molecule has 1 atom stereocenters. The number of rotatable bonds is 5. The van der Waals surface area contributed by atoms with Gasteiger partial charge < -0.3 is 5.32 Å². The van der Waals surface area contributed by atoms with Crippen molar-refractivity contribution in [3.05, 3.63) is 35.4 Å². The lowest BCUT2D eigenvalue weighted by atomic mass is 10.0. The second-order valence-electron chi connectivity index (χ2n) is 4.61. The third kappa shape index (κ3) is 3.31. The van der Waals surface area contributed by atoms with Crippen LogP contribution in [0, 0.1) is 0 Å². The molecule has 0 bridgehead atoms. The van der Waals surface area contributed by atoms with Crippen molar-refractivity contribution in [1.29, 1.82) is 0 Å². The van der Waals surface area contributed by atoms with Crippen LogP contribution < -0.4 is 5.32 Å². The van der Waals surface area contributed by atoms with Gasteiger partial charge in [0.05, 0.1) is 6.67 Å². The molecular formula is C14H20FN. The van der Waals surface area contributed by atoms with Gasteiger partial charge in [-0.1, -0.05) is 24.3 Å². The number of hydrogen-bond donors (Lipinski definition) is 1. The molecule has 2 rings (SSSR count). The largest absolute Gasteiger partial charge is 0.314 e. The van der Waals surface area contributed by atoms with Crippen molar-refractivity contribution in [2.75, 3.05) is 13.2 Å². The molecule has 0 saturated carbocycles. The highest BCUT2D eigenvalue weighted by Gasteiger charge is 2.13. The first-order chi connectivity index (χ1) is 7.88. The van der Waals surface area contributed by atoms with Gasteiger partial charge in [-0.25, -0.2) is 0 Å². The summed E-state index contributed by atoms with van der Waals surface area (Å²) >= 11 is 0. The Kier molecular flexibility index (Phi) is 4.34. The fourth-order valence-electron chi connectivity index (χ4n) is 2.33. The van der Waals surface area contributed by atoms with Gasteiger partial charge in [0.2, 0.25) is 0 Å². The molecule has 0 spiro atoms. The van der Waals surface area contributed by atoms with Crippen LogP contribution in [-0.4, -0.2) is 19.3 Å². The predicted octanol–water partition coefficient (Wildman–Crippen LogP) is 2.88. The van der Waals surface area contributed by atoms with Gasteiger partial charge in [0.15, 0.2) is 0 Å². The zero-order chi connectivity index (χ0) is 11.2. The van der Waals surface area contributed by atoms with E-state index in [2.05, 4.69) is 29.6 Å². The average molecular weight is 221 g/mol. The van der Waals surface area contributed by atoms with Crippen molar-refractivity contribution in [1.82, 2.24) is 5.32 Å². The molecule has 88 valence electrons. The molecule has 1 N–H and O–H groups in total. The standard InChI is InChI=1S/C14H20FN/c15-9-1-3-12-5-7-13(8-6-12)11-14-4-2-10-16-14/h5-8,14,16H,1-4,9-11H2. The fraction of sp³-hybridized carbons (Fsp3) is 0.571. The summed E-state index contributed by atoms with van der Waals surface area (Å²) in [5, 5.41) is 3.50. The summed E-state index contributed by atoms with van der Waals surface area (Å²) in [6.45, 7) is 0.951. The molecule has 0 amide bonds. The number of hydrogen-bond acceptors (Lipinski definition) is 1. The molecule has 1 unspecified atom stereocenters. The van der Waals surface area contributed by atoms with Crippen LogP contribution >= 0.6 is 0 Å². The minimum atomic E-state index is -0.215. The monoisotopic (exact) mass is 221 g/mol. The molecule has 0 radical (unpaired) electrons. The average Bonchev–Trinajstić information content (AvgIpc) is 2.81. The van der Waals surface area contributed by atoms with E-state index in [0.29, 0.717) is 12.5 Å². The van der Waals surface area contributed by atoms with E-state index >= 15 is 0 Å². The minimum Gasteiger partial charge on any atom is -0.314 e. The Morgan fingerprint density at radius 3 is 2.56 bits per heavy atom. The summed E-state index contributed by atoms with van der Waals surface area (Å²) < 4.78 is 12.0. The molecule has 1 aliphatic rings. The Morgan fingerprint density at radius 2 is 1.94 bits per heavy atom. The summed E-state index contributed by atoms with van der Waals surface area (Å²) in [7, 11) is 0. The predicted molar refractivity (Wildman–Crippen MR) is 65.5 cm³/mol. The summed E-state index contributed by atoms with van der Waals surface area (Å²) in [4.78, 5) is 0. The maximum Gasteiger partial charge on any atom is 0.0897 e. The Hall–Kier alpha value is -0.890. The summed E-state index contributed by atoms with van der Waals surface area (Å²) in [6, 6.07) is 9.32. The molecule has 1 aromatic carbocycles. The van der Waals surface area contributed by atoms with Gasteiger partial charge >= 0.3 is 0 Å². The number of benzene rings is 1. The topological polar surface area (TPSA) is 12.0 Å². The number of nitrogens with one attached hydrogen (secondary N) is 1. The van der Waals surface area contributed by atoms with Crippen LogP contribution in [0.3, 0.4) is 0 Å². The van der Waals surface area contributed by atoms with Gasteiger partial charge in [0.25, 0.3) is 0 Å². The van der Waals surface area contributed by atoms with Gasteiger partial charge in [0.1, 0.15) is 0 Å². The molecule has 0 aromatic heterocycles. The van der Waals surface area contributed by atoms with Crippen molar-refractivity contribution in [3.63, 3.8) is 0 Å². The fourth-order valence-corrected chi connectivity index (χ4v) is 2.33. The lowest BCUT2D eigenvalue weighted by Crippen LogP contribution is -2.23. The molecule has 1 nitrogen and oxygen atoms in total. The third-order valence-corrected chi connectivity index (χ3v) is 3.27. The van der Waals surface area contributed by atoms with Gasteiger partial charge in [-0.2, -0.15) is 0 Å². The van der Waals surface area contributed by atoms with Crippen LogP contribution in [0.15, 0.2) is 24.3 Å². The quantitative estimate of drug-likeness (QED) is 0.806. The Bertz CT molecular complexity index is 301. The SMILES string of the molecule is FCCCc1ccc(CC2CCCN2)cc1. The molecule has 1 heterocycles. The molecule has 0 aliphatic carbocycles. The molecule has 1 saturated heterocycles. The van der Waals surface area contributed by atoms with Gasteiger partial charge in [-0.3, -0.25) is 4.39 Å². The minimum absolute atomic E-state index is 0.215. The highest BCUT2D eigenvalue weighted by molar-refractivity contribution is 5.23. The van der Waals surface area contributed by atoms with E-state index in [-0.39, 0.29) is 6.67 Å². The third-order valence-electron chi connectivity index (χ3n) is 3.27. The van der Waals surface area contributed by atoms with Crippen LogP contribution in [-0.2, 0) is 12.8 Å². The zero-order valence-corrected chi connectivity index (χ0v) is 9.71. The van der Waals surface area contributed by atoms with Crippen molar-refractivity contribution in [3.8, 4) is 0 Å². The molecule has 16 heavy (non-hydrogen) atoms. The van der Waals surface area contributed by atoms with E-state index in [4.69, 9.17) is 0 Å². The number of halogens is 1. The van der Waals surface area contributed by atoms with E-state index in [1.165, 1.54) is 30.5 Å². The number of aryl methyl sites for hydroxylation is 1. The maximum atomic E-state index is 12.0. The van der Waals surface area contributed by atoms with E-state index in [1.807, 2.05) is 0 Å². The Balaban J connectivity index is 1.86. The van der Waals surface area contributed by atoms with Gasteiger partial charge in [-0.15, -0.1) is 0 Å². The second kappa shape index (κ2) is 6.00. The van der Waals surface area contributed by atoms with Crippen molar-refractivity contribution >= 4 is 0 Å². The first kappa shape index (κ1) is 11.6. The Labute approximate surface area is 97.1 Å². The van der Waals surface area contributed by atoms with Crippen LogP contribution in [0.4, 0.5) is 4.39 Å². The van der Waals surface area contributed by atoms with Gasteiger partial charge in [0, 0.05) is 6.04 Å². The normalized spacial score (nSPS) is 20.2.